The maximum absolute atomic E-state index is 4.48. The first kappa shape index (κ1) is 46.2. The number of aryl methyl sites for hydroxylation is 1. The molecule has 2 saturated carbocycles. The van der Waals surface area contributed by atoms with Crippen LogP contribution in [0.4, 0.5) is 0 Å². The van der Waals surface area contributed by atoms with E-state index in [4.69, 9.17) is 0 Å². The Morgan fingerprint density at radius 2 is 1.02 bits per heavy atom. The van der Waals surface area contributed by atoms with E-state index in [-0.39, 0.29) is 24.0 Å². The van der Waals surface area contributed by atoms with Gasteiger partial charge in [-0.3, -0.25) is 4.98 Å². The van der Waals surface area contributed by atoms with Crippen molar-refractivity contribution in [1.29, 1.82) is 0 Å². The molecule has 308 valence electrons. The average Bonchev–Trinajstić information content (AvgIpc) is 3.27. The Morgan fingerprint density at radius 3 is 1.64 bits per heavy atom. The number of para-hydroxylation sites is 2. The van der Waals surface area contributed by atoms with Gasteiger partial charge in [0.2, 0.25) is 5.52 Å². The van der Waals surface area contributed by atoms with Crippen molar-refractivity contribution in [3.8, 4) is 0 Å². The van der Waals surface area contributed by atoms with E-state index < -0.39 is 0 Å². The van der Waals surface area contributed by atoms with Crippen LogP contribution in [0.15, 0.2) is 134 Å². The van der Waals surface area contributed by atoms with Crippen LogP contribution in [0.1, 0.15) is 138 Å². The molecular weight excluding hydrogens is 930 g/mol. The summed E-state index contributed by atoms with van der Waals surface area (Å²) < 4.78 is 3.84. The highest BCUT2D eigenvalue weighted by atomic mass is 127. The standard InChI is InChI=1S/C27H34N.C16H13N.C11H21I.HI/c1-4-12-23(13-5-1)14-8-3-11-19-28-22-25(20-24-15-6-2-7-16-24)21-26-17-9-10-18-27(26)28;1-2-6-13(7-3-1)10-14-11-15-8-4-5-9-16(15)17-12-14;12-10-6-2-5-9-11-7-3-1-4-8-11;/h2,6-7,9-10,15-18,21-23H,1,3-5,8,11-14,19-20H2;1-9,11-12H,10H2;11H,1-10H2;1H/q+1;;;/p-1. The van der Waals surface area contributed by atoms with Crippen molar-refractivity contribution < 1.29 is 28.5 Å². The second kappa shape index (κ2) is 27.1. The highest BCUT2D eigenvalue weighted by Gasteiger charge is 2.15. The van der Waals surface area contributed by atoms with Gasteiger partial charge in [-0.15, -0.1) is 0 Å². The molecule has 4 heteroatoms. The molecule has 0 bridgehead atoms. The number of aromatic nitrogens is 2. The number of benzene rings is 4. The molecule has 0 unspecified atom stereocenters. The molecule has 58 heavy (non-hydrogen) atoms. The summed E-state index contributed by atoms with van der Waals surface area (Å²) in [5, 5.41) is 2.57. The molecule has 2 aliphatic carbocycles. The molecule has 0 radical (unpaired) electrons. The fraction of sp³-hybridized carbons (Fsp3) is 0.444. The van der Waals surface area contributed by atoms with Gasteiger partial charge >= 0.3 is 0 Å². The first-order chi connectivity index (χ1) is 28.2. The summed E-state index contributed by atoms with van der Waals surface area (Å²) in [7, 11) is 0. The SMILES string of the molecule is ICCCCCC1CCCCC1.[I-].c1ccc(Cc2cc3ccccc3[n+](CCCCCC3CCCCC3)c2)cc1.c1ccc(Cc2cnc3ccccc3c2)cc1. The van der Waals surface area contributed by atoms with E-state index in [2.05, 4.69) is 141 Å². The van der Waals surface area contributed by atoms with E-state index in [0.717, 1.165) is 36.7 Å². The highest BCUT2D eigenvalue weighted by Crippen LogP contribution is 2.29. The highest BCUT2D eigenvalue weighted by molar-refractivity contribution is 14.1. The maximum Gasteiger partial charge on any atom is 0.212 e. The van der Waals surface area contributed by atoms with E-state index in [1.807, 2.05) is 24.4 Å². The van der Waals surface area contributed by atoms with Crippen LogP contribution in [0.25, 0.3) is 21.8 Å². The Bertz CT molecular complexity index is 1980. The number of pyridine rings is 2. The lowest BCUT2D eigenvalue weighted by molar-refractivity contribution is -0.672. The Hall–Kier alpha value is -2.84. The molecule has 2 heterocycles. The second-order valence-corrected chi connectivity index (χ2v) is 17.9. The van der Waals surface area contributed by atoms with Crippen molar-refractivity contribution in [1.82, 2.24) is 4.98 Å². The third-order valence-corrected chi connectivity index (χ3v) is 13.0. The van der Waals surface area contributed by atoms with Crippen LogP contribution >= 0.6 is 22.6 Å². The van der Waals surface area contributed by atoms with E-state index in [9.17, 15) is 0 Å². The Morgan fingerprint density at radius 1 is 0.500 bits per heavy atom. The number of hydrogen-bond donors (Lipinski definition) is 0. The molecule has 0 atom stereocenters. The Labute approximate surface area is 382 Å². The van der Waals surface area contributed by atoms with Gasteiger partial charge in [0.05, 0.1) is 5.52 Å². The largest absolute Gasteiger partial charge is 1.00 e. The lowest BCUT2D eigenvalue weighted by atomic mass is 9.85. The van der Waals surface area contributed by atoms with Crippen LogP contribution in [0, 0.1) is 11.8 Å². The maximum atomic E-state index is 4.48. The predicted octanol–water partition coefficient (Wildman–Crippen LogP) is 12.3. The zero-order valence-electron chi connectivity index (χ0n) is 35.1. The number of hydrogen-bond acceptors (Lipinski definition) is 1. The minimum Gasteiger partial charge on any atom is -1.00 e. The van der Waals surface area contributed by atoms with Crippen molar-refractivity contribution in [3.63, 3.8) is 0 Å². The number of halogens is 2. The van der Waals surface area contributed by atoms with Crippen molar-refractivity contribution in [2.75, 3.05) is 4.43 Å². The van der Waals surface area contributed by atoms with Crippen LogP contribution < -0.4 is 28.5 Å². The number of unbranched alkanes of at least 4 members (excludes halogenated alkanes) is 4. The molecule has 8 rings (SSSR count). The van der Waals surface area contributed by atoms with Crippen LogP contribution in [-0.4, -0.2) is 9.41 Å². The van der Waals surface area contributed by atoms with E-state index in [0.29, 0.717) is 0 Å². The van der Waals surface area contributed by atoms with E-state index in [1.54, 1.807) is 0 Å². The third-order valence-electron chi connectivity index (χ3n) is 12.3. The van der Waals surface area contributed by atoms with Gasteiger partial charge in [0.25, 0.3) is 0 Å². The predicted molar refractivity (Wildman–Crippen MR) is 253 cm³/mol. The van der Waals surface area contributed by atoms with Crippen LogP contribution in [0.5, 0.6) is 0 Å². The molecule has 0 saturated heterocycles. The Balaban J connectivity index is 0.000000182. The molecule has 0 aliphatic heterocycles. The topological polar surface area (TPSA) is 16.8 Å². The smallest absolute Gasteiger partial charge is 0.212 e. The van der Waals surface area contributed by atoms with Crippen LogP contribution in [-0.2, 0) is 19.4 Å². The Kier molecular flexibility index (Phi) is 21.6. The lowest BCUT2D eigenvalue weighted by Gasteiger charge is -2.21. The molecular formula is C54H68I2N2. The summed E-state index contributed by atoms with van der Waals surface area (Å²) in [6.07, 6.45) is 32.7. The summed E-state index contributed by atoms with van der Waals surface area (Å²) in [5.74, 6) is 2.13. The lowest BCUT2D eigenvalue weighted by Crippen LogP contribution is -3.00. The minimum absolute atomic E-state index is 0. The average molecular weight is 999 g/mol. The van der Waals surface area contributed by atoms with Crippen molar-refractivity contribution >= 4 is 44.4 Å². The number of fused-ring (bicyclic) bond motifs is 2. The molecule has 4 aromatic carbocycles. The van der Waals surface area contributed by atoms with Crippen LogP contribution in [0.2, 0.25) is 0 Å². The van der Waals surface area contributed by atoms with Crippen molar-refractivity contribution in [3.05, 3.63) is 156 Å². The third kappa shape index (κ3) is 16.3. The first-order valence-electron chi connectivity index (χ1n) is 22.6. The summed E-state index contributed by atoms with van der Waals surface area (Å²) in [4.78, 5) is 4.48. The van der Waals surface area contributed by atoms with Gasteiger partial charge in [-0.1, -0.05) is 210 Å². The normalized spacial score (nSPS) is 14.5. The number of alkyl halides is 1. The van der Waals surface area contributed by atoms with Crippen molar-refractivity contribution in [2.45, 2.75) is 135 Å². The summed E-state index contributed by atoms with van der Waals surface area (Å²) in [5.41, 5.74) is 7.80. The number of rotatable bonds is 15. The van der Waals surface area contributed by atoms with Gasteiger partial charge < -0.3 is 24.0 Å². The fourth-order valence-corrected chi connectivity index (χ4v) is 9.62. The molecule has 0 spiro atoms. The molecule has 0 N–H and O–H groups in total. The quantitative estimate of drug-likeness (QED) is 0.0434. The molecule has 2 aromatic heterocycles. The van der Waals surface area contributed by atoms with Gasteiger partial charge in [-0.2, -0.15) is 4.57 Å². The van der Waals surface area contributed by atoms with Gasteiger partial charge in [0, 0.05) is 41.4 Å². The molecule has 2 nitrogen and oxygen atoms in total. The molecule has 2 fully saturated rings. The minimum atomic E-state index is 0. The zero-order chi connectivity index (χ0) is 39.2. The number of nitrogens with zero attached hydrogens (tertiary/aromatic N) is 2. The van der Waals surface area contributed by atoms with E-state index in [1.165, 1.54) is 159 Å². The summed E-state index contributed by atoms with van der Waals surface area (Å²) >= 11 is 2.48. The monoisotopic (exact) mass is 998 g/mol. The molecule has 6 aromatic rings. The second-order valence-electron chi connectivity index (χ2n) is 16.9. The van der Waals surface area contributed by atoms with Gasteiger partial charge in [-0.25, -0.2) is 0 Å². The molecule has 0 amide bonds. The van der Waals surface area contributed by atoms with Crippen molar-refractivity contribution in [2.24, 2.45) is 11.8 Å². The van der Waals surface area contributed by atoms with Gasteiger partial charge in [-0.05, 0) is 76.5 Å². The van der Waals surface area contributed by atoms with E-state index >= 15 is 0 Å². The summed E-state index contributed by atoms with van der Waals surface area (Å²) in [6.45, 7) is 1.13. The fourth-order valence-electron chi connectivity index (χ4n) is 9.08. The van der Waals surface area contributed by atoms with Crippen LogP contribution in [0.3, 0.4) is 0 Å². The van der Waals surface area contributed by atoms with Gasteiger partial charge in [0.15, 0.2) is 6.20 Å². The van der Waals surface area contributed by atoms with Gasteiger partial charge in [0.1, 0.15) is 6.54 Å². The summed E-state index contributed by atoms with van der Waals surface area (Å²) in [6, 6.07) is 43.0. The zero-order valence-corrected chi connectivity index (χ0v) is 39.4. The first-order valence-corrected chi connectivity index (χ1v) is 24.1. The molecule has 2 aliphatic rings.